The van der Waals surface area contributed by atoms with Gasteiger partial charge in [0, 0.05) is 19.5 Å². The molecule has 0 saturated heterocycles. The summed E-state index contributed by atoms with van der Waals surface area (Å²) >= 11 is 0. The number of ether oxygens (including phenoxy) is 1. The van der Waals surface area contributed by atoms with Crippen LogP contribution in [0.3, 0.4) is 0 Å². The Kier molecular flexibility index (Phi) is 5.52. The molecule has 0 unspecified atom stereocenters. The molecule has 0 aliphatic carbocycles. The van der Waals surface area contributed by atoms with E-state index in [2.05, 4.69) is 10.3 Å². The first-order valence-corrected chi connectivity index (χ1v) is 6.63. The Morgan fingerprint density at radius 3 is 2.67 bits per heavy atom. The SMILES string of the molecule is Bc1ccnc(N(C(=O)OC(C)(C)C)/C(=C/C=N)NC)c1. The van der Waals surface area contributed by atoms with Gasteiger partial charge in [-0.1, -0.05) is 5.46 Å². The summed E-state index contributed by atoms with van der Waals surface area (Å²) in [5.41, 5.74) is 0.349. The molecule has 0 radical (unpaired) electrons. The zero-order chi connectivity index (χ0) is 16.0. The van der Waals surface area contributed by atoms with Gasteiger partial charge in [0.05, 0.1) is 0 Å². The molecule has 1 aromatic rings. The maximum atomic E-state index is 12.5. The van der Waals surface area contributed by atoms with E-state index in [1.54, 1.807) is 40.1 Å². The lowest BCUT2D eigenvalue weighted by atomic mass is 9.98. The van der Waals surface area contributed by atoms with Crippen LogP contribution < -0.4 is 15.7 Å². The first-order valence-electron chi connectivity index (χ1n) is 6.63. The molecule has 21 heavy (non-hydrogen) atoms. The van der Waals surface area contributed by atoms with Gasteiger partial charge in [0.1, 0.15) is 25.1 Å². The van der Waals surface area contributed by atoms with E-state index in [1.807, 2.05) is 13.9 Å². The molecule has 2 N–H and O–H groups in total. The van der Waals surface area contributed by atoms with Crippen LogP contribution in [0.1, 0.15) is 20.8 Å². The fraction of sp³-hybridized carbons (Fsp3) is 0.357. The fourth-order valence-electron chi connectivity index (χ4n) is 1.61. The van der Waals surface area contributed by atoms with E-state index >= 15 is 0 Å². The topological polar surface area (TPSA) is 78.3 Å². The second-order valence-corrected chi connectivity index (χ2v) is 5.48. The molecule has 0 atom stereocenters. The van der Waals surface area contributed by atoms with E-state index in [-0.39, 0.29) is 0 Å². The monoisotopic (exact) mass is 288 g/mol. The number of rotatable bonds is 4. The first-order chi connectivity index (χ1) is 9.78. The Balaban J connectivity index is 3.26. The summed E-state index contributed by atoms with van der Waals surface area (Å²) in [6, 6.07) is 3.62. The zero-order valence-corrected chi connectivity index (χ0v) is 13.1. The molecular weight excluding hydrogens is 267 g/mol. The number of aromatic nitrogens is 1. The maximum Gasteiger partial charge on any atom is 0.421 e. The van der Waals surface area contributed by atoms with Crippen molar-refractivity contribution in [3.63, 3.8) is 0 Å². The molecule has 7 heteroatoms. The highest BCUT2D eigenvalue weighted by atomic mass is 16.6. The quantitative estimate of drug-likeness (QED) is 0.634. The molecule has 0 aromatic carbocycles. The van der Waals surface area contributed by atoms with E-state index in [0.717, 1.165) is 11.7 Å². The summed E-state index contributed by atoms with van der Waals surface area (Å²) in [5.74, 6) is 0.851. The van der Waals surface area contributed by atoms with Gasteiger partial charge in [-0.3, -0.25) is 0 Å². The predicted molar refractivity (Wildman–Crippen MR) is 87.1 cm³/mol. The number of nitrogens with zero attached hydrogens (tertiary/aromatic N) is 2. The van der Waals surface area contributed by atoms with Gasteiger partial charge in [0.25, 0.3) is 0 Å². The van der Waals surface area contributed by atoms with E-state index in [4.69, 9.17) is 10.1 Å². The lowest BCUT2D eigenvalue weighted by molar-refractivity contribution is 0.0589. The third kappa shape index (κ3) is 4.94. The Bertz CT molecular complexity index is 552. The summed E-state index contributed by atoms with van der Waals surface area (Å²) in [4.78, 5) is 18.0. The van der Waals surface area contributed by atoms with Crippen molar-refractivity contribution in [2.45, 2.75) is 26.4 Å². The van der Waals surface area contributed by atoms with Crippen LogP contribution in [0.25, 0.3) is 0 Å². The highest BCUT2D eigenvalue weighted by Crippen LogP contribution is 2.18. The smallest absolute Gasteiger partial charge is 0.421 e. The van der Waals surface area contributed by atoms with Crippen molar-refractivity contribution in [1.82, 2.24) is 10.3 Å². The van der Waals surface area contributed by atoms with Crippen molar-refractivity contribution in [3.05, 3.63) is 30.2 Å². The number of hydrogen-bond donors (Lipinski definition) is 2. The molecule has 0 aliphatic heterocycles. The molecule has 0 aliphatic rings. The number of hydrogen-bond acceptors (Lipinski definition) is 5. The van der Waals surface area contributed by atoms with Crippen molar-refractivity contribution in [1.29, 1.82) is 5.41 Å². The van der Waals surface area contributed by atoms with Gasteiger partial charge in [-0.25, -0.2) is 14.7 Å². The van der Waals surface area contributed by atoms with Crippen molar-refractivity contribution in [2.75, 3.05) is 11.9 Å². The van der Waals surface area contributed by atoms with Crippen LogP contribution in [0.2, 0.25) is 0 Å². The number of pyridine rings is 1. The van der Waals surface area contributed by atoms with Crippen LogP contribution in [0.5, 0.6) is 0 Å². The van der Waals surface area contributed by atoms with E-state index in [0.29, 0.717) is 11.6 Å². The summed E-state index contributed by atoms with van der Waals surface area (Å²) in [6.07, 6.45) is 3.63. The third-order valence-electron chi connectivity index (χ3n) is 2.44. The average molecular weight is 288 g/mol. The molecule has 1 rings (SSSR count). The van der Waals surface area contributed by atoms with E-state index in [1.165, 1.54) is 11.0 Å². The summed E-state index contributed by atoms with van der Waals surface area (Å²) in [7, 11) is 3.58. The highest BCUT2D eigenvalue weighted by molar-refractivity contribution is 6.32. The number of carbonyl (C=O) groups is 1. The fourth-order valence-corrected chi connectivity index (χ4v) is 1.61. The number of allylic oxidation sites excluding steroid dienone is 1. The lowest BCUT2D eigenvalue weighted by Gasteiger charge is -2.28. The molecule has 1 aromatic heterocycles. The van der Waals surface area contributed by atoms with Gasteiger partial charge >= 0.3 is 6.09 Å². The summed E-state index contributed by atoms with van der Waals surface area (Å²) in [5, 5.41) is 10.1. The van der Waals surface area contributed by atoms with Gasteiger partial charge in [0.15, 0.2) is 0 Å². The van der Waals surface area contributed by atoms with Crippen LogP contribution in [-0.4, -0.2) is 37.8 Å². The minimum atomic E-state index is -0.622. The maximum absolute atomic E-state index is 12.5. The van der Waals surface area contributed by atoms with Crippen LogP contribution in [0.15, 0.2) is 30.2 Å². The number of amides is 1. The minimum absolute atomic E-state index is 0.414. The molecule has 0 fully saturated rings. The number of nitrogens with one attached hydrogen (secondary N) is 2. The largest absolute Gasteiger partial charge is 0.443 e. The average Bonchev–Trinajstić information content (AvgIpc) is 2.36. The van der Waals surface area contributed by atoms with Gasteiger partial charge in [-0.2, -0.15) is 0 Å². The Hall–Kier alpha value is -2.31. The molecule has 112 valence electrons. The molecule has 1 heterocycles. The summed E-state index contributed by atoms with van der Waals surface area (Å²) < 4.78 is 5.41. The lowest BCUT2D eigenvalue weighted by Crippen LogP contribution is -2.40. The van der Waals surface area contributed by atoms with Gasteiger partial charge in [-0.05, 0) is 39.0 Å². The standard InChI is InChI=1S/C14H21BN4O2/c1-14(2,3)21-13(20)19(11(17-4)5-7-16)12-9-10(15)6-8-18-12/h5-9,16-17H,15H2,1-4H3/b11-5+,16-7?. The molecule has 0 bridgehead atoms. The Labute approximate surface area is 126 Å². The van der Waals surface area contributed by atoms with E-state index < -0.39 is 11.7 Å². The first kappa shape index (κ1) is 16.7. The second-order valence-electron chi connectivity index (χ2n) is 5.48. The third-order valence-corrected chi connectivity index (χ3v) is 2.44. The van der Waals surface area contributed by atoms with Crippen LogP contribution in [-0.2, 0) is 4.74 Å². The second kappa shape index (κ2) is 6.92. The minimum Gasteiger partial charge on any atom is -0.443 e. The van der Waals surface area contributed by atoms with Gasteiger partial charge in [-0.15, -0.1) is 0 Å². The molecular formula is C14H21BN4O2. The van der Waals surface area contributed by atoms with Crippen molar-refractivity contribution < 1.29 is 9.53 Å². The molecule has 1 amide bonds. The summed E-state index contributed by atoms with van der Waals surface area (Å²) in [6.45, 7) is 5.39. The highest BCUT2D eigenvalue weighted by Gasteiger charge is 2.26. The van der Waals surface area contributed by atoms with Crippen molar-refractivity contribution in [2.24, 2.45) is 0 Å². The zero-order valence-electron chi connectivity index (χ0n) is 13.1. The number of anilines is 1. The normalized spacial score (nSPS) is 11.7. The van der Waals surface area contributed by atoms with Gasteiger partial charge in [0.2, 0.25) is 0 Å². The van der Waals surface area contributed by atoms with Crippen LogP contribution in [0.4, 0.5) is 10.6 Å². The van der Waals surface area contributed by atoms with Crippen LogP contribution in [0, 0.1) is 5.41 Å². The Morgan fingerprint density at radius 2 is 2.19 bits per heavy atom. The molecule has 0 saturated carbocycles. The van der Waals surface area contributed by atoms with Crippen molar-refractivity contribution in [3.8, 4) is 0 Å². The van der Waals surface area contributed by atoms with Crippen LogP contribution >= 0.6 is 0 Å². The predicted octanol–water partition coefficient (Wildman–Crippen LogP) is 0.792. The number of carbonyl (C=O) groups excluding carboxylic acids is 1. The van der Waals surface area contributed by atoms with Gasteiger partial charge < -0.3 is 15.5 Å². The molecule has 6 nitrogen and oxygen atoms in total. The van der Waals surface area contributed by atoms with E-state index in [9.17, 15) is 4.79 Å². The Morgan fingerprint density at radius 1 is 1.52 bits per heavy atom. The van der Waals surface area contributed by atoms with Crippen molar-refractivity contribution >= 4 is 31.4 Å². The molecule has 0 spiro atoms.